The molecule has 0 fully saturated rings. The molecule has 0 aromatic heterocycles. The number of nitrogens with two attached hydrogens (primary N) is 1. The number of halogens is 10. The molecule has 18 aromatic rings. The number of anilines is 10. The van der Waals surface area contributed by atoms with Gasteiger partial charge in [0.1, 0.15) is 0 Å². The van der Waals surface area contributed by atoms with Crippen LogP contribution in [0.2, 0.25) is 25.1 Å². The summed E-state index contributed by atoms with van der Waals surface area (Å²) in [6.07, 6.45) is 0.845. The van der Waals surface area contributed by atoms with E-state index in [9.17, 15) is 4.79 Å². The minimum absolute atomic E-state index is 0.161. The van der Waals surface area contributed by atoms with Crippen molar-refractivity contribution >= 4 is 207 Å². The molecule has 13 nitrogen and oxygen atoms in total. The molecule has 752 valence electrons. The second-order valence-corrected chi connectivity index (χ2v) is 41.3. The first-order valence-corrected chi connectivity index (χ1v) is 53.1. The summed E-state index contributed by atoms with van der Waals surface area (Å²) in [5.41, 5.74) is 36.2. The van der Waals surface area contributed by atoms with Crippen LogP contribution in [-0.4, -0.2) is 62.7 Å². The monoisotopic (exact) mass is 2430 g/mol. The van der Waals surface area contributed by atoms with Gasteiger partial charge in [-0.3, -0.25) is 4.79 Å². The Balaban J connectivity index is 0.000000141. The van der Waals surface area contributed by atoms with E-state index in [0.29, 0.717) is 49.6 Å². The van der Waals surface area contributed by atoms with Gasteiger partial charge < -0.3 is 58.3 Å². The largest absolute Gasteiger partial charge is 0.493 e. The van der Waals surface area contributed by atoms with Crippen molar-refractivity contribution in [1.82, 2.24) is 0 Å². The van der Waals surface area contributed by atoms with Crippen molar-refractivity contribution in [2.75, 3.05) is 77.3 Å². The summed E-state index contributed by atoms with van der Waals surface area (Å²) in [5.74, 6) is 5.79. The van der Waals surface area contributed by atoms with Crippen molar-refractivity contribution < 1.29 is 42.7 Å². The molecule has 1 unspecified atom stereocenters. The quantitative estimate of drug-likeness (QED) is 0.0687. The van der Waals surface area contributed by atoms with E-state index in [-0.39, 0.29) is 5.78 Å². The third kappa shape index (κ3) is 26.1. The van der Waals surface area contributed by atoms with E-state index in [1.54, 1.807) is 56.9 Å². The molecule has 1 atom stereocenters. The van der Waals surface area contributed by atoms with Crippen molar-refractivity contribution in [3.63, 3.8) is 0 Å². The standard InChI is InChI=1S/C35H28ClNO2.2C20H17BrClNO2.C15H15ClO2.C15H12O.C8H11N.C6H4BrCl.C6H4BrI/c1-21-17-26-25-9-5-6-10-27(25)35(29(26)18-22(21)2)28-11-7-8-12-31(28)37(24-15-13-23(36)14-16-24)32-20-34(39-4)33(38-3)19-30(32)35;2*1-24-19-12-11-16(13-20(19)25-2)23(15-9-7-14(22)8-10-15)18-6-4-3-5-17(18)21;1-17-14-8-5-12(10-15(14)18-2)9-11-3-6-13(16)7-4-11;1-9-7-13-11-5-3-4-6-12(11)15(16)14(13)8-10(9)2;1-6-3-4-8(9)5-7(6)2;7-5-1-3-6(8)4-2-5;7-5-3-1-2-4-6(5)8/h5-20H,1-4H3;2*3-13H,1-2H3;3-8,10H,9H2,1-2H3;3-8H,1-2H3;3-5H,9H2,1-2H3;2*1-4H. The van der Waals surface area contributed by atoms with E-state index in [4.69, 9.17) is 102 Å². The number of fused-ring (bicyclic) bond motifs is 12. The summed E-state index contributed by atoms with van der Waals surface area (Å²) in [4.78, 5) is 18.7. The van der Waals surface area contributed by atoms with Crippen LogP contribution >= 0.6 is 144 Å². The Morgan fingerprint density at radius 3 is 1.14 bits per heavy atom. The normalized spacial score (nSPS) is 12.0. The number of nitrogen functional groups attached to an aromatic ring is 1. The summed E-state index contributed by atoms with van der Waals surface area (Å²) in [7, 11) is 13.2. The van der Waals surface area contributed by atoms with Crippen molar-refractivity contribution in [3.8, 4) is 68.2 Å². The average Bonchev–Trinajstić information content (AvgIpc) is 1.50. The minimum atomic E-state index is -0.529. The number of hydrogen-bond donors (Lipinski definition) is 1. The number of nitrogens with zero attached hydrogens (tertiary/aromatic N) is 3. The number of rotatable bonds is 17. The zero-order chi connectivity index (χ0) is 106. The van der Waals surface area contributed by atoms with Gasteiger partial charge in [0, 0.05) is 98.6 Å². The zero-order valence-corrected chi connectivity index (χ0v) is 96.2. The number of ketones is 1. The van der Waals surface area contributed by atoms with E-state index in [1.807, 2.05) is 274 Å². The molecule has 1 spiro atoms. The van der Waals surface area contributed by atoms with Gasteiger partial charge in [0.2, 0.25) is 0 Å². The van der Waals surface area contributed by atoms with Crippen LogP contribution in [0.3, 0.4) is 0 Å². The summed E-state index contributed by atoms with van der Waals surface area (Å²) in [6.45, 7) is 12.7. The number of methoxy groups -OCH3 is 8. The van der Waals surface area contributed by atoms with Crippen LogP contribution < -0.4 is 58.3 Å². The third-order valence-electron chi connectivity index (χ3n) is 25.3. The maximum atomic E-state index is 12.2. The number of benzene rings is 18. The van der Waals surface area contributed by atoms with E-state index in [1.165, 1.54) is 80.4 Å². The van der Waals surface area contributed by atoms with Crippen molar-refractivity contribution in [1.29, 1.82) is 0 Å². The molecule has 1 heterocycles. The van der Waals surface area contributed by atoms with Gasteiger partial charge >= 0.3 is 0 Å². The van der Waals surface area contributed by atoms with E-state index >= 15 is 0 Å². The molecule has 1 aliphatic heterocycles. The van der Waals surface area contributed by atoms with Crippen LogP contribution in [0, 0.1) is 45.1 Å². The predicted octanol–water partition coefficient (Wildman–Crippen LogP) is 37.8. The highest BCUT2D eigenvalue weighted by Crippen LogP contribution is 2.65. The van der Waals surface area contributed by atoms with Gasteiger partial charge in [0.25, 0.3) is 0 Å². The highest BCUT2D eigenvalue weighted by molar-refractivity contribution is 14.1. The van der Waals surface area contributed by atoms with E-state index in [0.717, 1.165) is 126 Å². The minimum Gasteiger partial charge on any atom is -0.493 e. The molecule has 2 aliphatic carbocycles. The van der Waals surface area contributed by atoms with Gasteiger partial charge in [-0.1, -0.05) is 220 Å². The number of carbonyl (C=O) groups excluding carboxylic acids is 1. The van der Waals surface area contributed by atoms with Gasteiger partial charge in [-0.15, -0.1) is 0 Å². The van der Waals surface area contributed by atoms with Crippen molar-refractivity contribution in [2.24, 2.45) is 0 Å². The van der Waals surface area contributed by atoms with Gasteiger partial charge in [-0.25, -0.2) is 0 Å². The number of hydrogen-bond acceptors (Lipinski definition) is 13. The van der Waals surface area contributed by atoms with Crippen LogP contribution in [0.15, 0.2) is 394 Å². The molecule has 21 rings (SSSR count). The fourth-order valence-electron chi connectivity index (χ4n) is 17.6. The second kappa shape index (κ2) is 52.0. The van der Waals surface area contributed by atoms with Crippen LogP contribution in [0.1, 0.15) is 82.7 Å². The summed E-state index contributed by atoms with van der Waals surface area (Å²) >= 11 is 46.1. The third-order valence-corrected chi connectivity index (χ3v) is 30.8. The first-order valence-electron chi connectivity index (χ1n) is 47.0. The molecule has 18 aromatic carbocycles. The molecule has 0 radical (unpaired) electrons. The van der Waals surface area contributed by atoms with E-state index < -0.39 is 5.41 Å². The highest BCUT2D eigenvalue weighted by atomic mass is 127. The number of ether oxygens (including phenoxy) is 8. The van der Waals surface area contributed by atoms with Crippen LogP contribution in [0.4, 0.5) is 56.9 Å². The number of aryl methyl sites for hydroxylation is 6. The van der Waals surface area contributed by atoms with E-state index in [2.05, 4.69) is 245 Å². The van der Waals surface area contributed by atoms with Crippen molar-refractivity contribution in [3.05, 3.63) is 501 Å². The number of carbonyl (C=O) groups is 1. The predicted molar refractivity (Wildman–Crippen MR) is 638 cm³/mol. The van der Waals surface area contributed by atoms with Crippen LogP contribution in [0.5, 0.6) is 46.0 Å². The van der Waals surface area contributed by atoms with Gasteiger partial charge in [-0.2, -0.15) is 0 Å². The summed E-state index contributed by atoms with van der Waals surface area (Å²) in [5, 5.41) is 3.63. The van der Waals surface area contributed by atoms with Crippen LogP contribution in [0.25, 0.3) is 22.3 Å². The Labute approximate surface area is 940 Å². The maximum absolute atomic E-state index is 12.2. The van der Waals surface area contributed by atoms with Gasteiger partial charge in [0.15, 0.2) is 51.8 Å². The molecule has 148 heavy (non-hydrogen) atoms. The molecule has 2 N–H and O–H groups in total. The molecule has 0 saturated carbocycles. The average molecular weight is 2430 g/mol. The lowest BCUT2D eigenvalue weighted by molar-refractivity contribution is 0.104. The molecule has 23 heteroatoms. The smallest absolute Gasteiger partial charge is 0.194 e. The molecule has 0 saturated heterocycles. The Bertz CT molecular complexity index is 7520. The fourth-order valence-corrected chi connectivity index (χ4v) is 20.1. The molecule has 3 aliphatic rings. The molecular weight excluding hydrogens is 2330 g/mol. The highest BCUT2D eigenvalue weighted by Gasteiger charge is 2.52. The first kappa shape index (κ1) is 111. The van der Waals surface area contributed by atoms with Gasteiger partial charge in [0.05, 0.1) is 96.4 Å². The van der Waals surface area contributed by atoms with Crippen molar-refractivity contribution in [2.45, 2.75) is 53.4 Å². The summed E-state index contributed by atoms with van der Waals surface area (Å²) < 4.78 is 49.3. The van der Waals surface area contributed by atoms with Gasteiger partial charge in [-0.05, 0) is 420 Å². The SMILES string of the molecule is Brc1ccccc1I.COc1cc2c(cc1OC)C1(c3ccccc3-c3cc(C)c(C)cc31)c1ccccc1N2c1ccc(Cl)cc1.COc1ccc(Cc2ccc(Cl)cc2)cc1OC.COc1ccc(N(c2ccc(Cl)cc2)c2ccccc2Br)cc1OC.COc1ccc(N(c2ccc(Cl)cc2)c2ccccc2Br)cc1OC.Cc1cc2c(cc1C)-c1ccccc1C2=O.Cc1ccc(N)cc1C.Clc1ccc(Br)cc1. The Kier molecular flexibility index (Phi) is 39.0. The Morgan fingerprint density at radius 1 is 0.291 bits per heavy atom. The lowest BCUT2D eigenvalue weighted by Crippen LogP contribution is -2.36. The lowest BCUT2D eigenvalue weighted by atomic mass is 9.64. The number of para-hydroxylation sites is 3. The topological polar surface area (TPSA) is 127 Å². The second-order valence-electron chi connectivity index (χ2n) is 34.5. The Hall–Kier alpha value is -12.7. The Morgan fingerprint density at radius 2 is 0.669 bits per heavy atom. The molecule has 0 bridgehead atoms. The first-order chi connectivity index (χ1) is 71.4. The fraction of sp³-hybridized carbons (Fsp3) is 0.128. The lowest BCUT2D eigenvalue weighted by Gasteiger charge is -2.45. The summed E-state index contributed by atoms with van der Waals surface area (Å²) in [6, 6.07) is 125. The molecule has 0 amide bonds. The zero-order valence-electron chi connectivity index (χ0n) is 83.9. The maximum Gasteiger partial charge on any atom is 0.194 e. The van der Waals surface area contributed by atoms with Crippen LogP contribution in [-0.2, 0) is 11.8 Å². The molecular formula is C125H108Br4Cl5IN4O9.